The lowest BCUT2D eigenvalue weighted by atomic mass is 10.3. The van der Waals surface area contributed by atoms with Crippen molar-refractivity contribution in [2.75, 3.05) is 18.5 Å². The van der Waals surface area contributed by atoms with Crippen molar-refractivity contribution in [3.05, 3.63) is 23.4 Å². The molecular formula is C9H14Cl2N6O2. The van der Waals surface area contributed by atoms with Crippen LogP contribution in [-0.4, -0.2) is 39.6 Å². The highest BCUT2D eigenvalue weighted by atomic mass is 35.5. The number of nitroso groups, excluding NO2 is 1. The number of carbonyl (C=O) groups excluding carboxylic acids is 1. The van der Waals surface area contributed by atoms with E-state index in [2.05, 4.69) is 15.3 Å². The van der Waals surface area contributed by atoms with Gasteiger partial charge in [-0.2, -0.15) is 5.01 Å². The molecule has 106 valence electrons. The first kappa shape index (κ1) is 17.5. The highest BCUT2D eigenvalue weighted by Crippen LogP contribution is 2.12. The van der Waals surface area contributed by atoms with Gasteiger partial charge in [0.2, 0.25) is 5.95 Å². The molecule has 2 amide bonds. The van der Waals surface area contributed by atoms with Crippen molar-refractivity contribution >= 4 is 36.0 Å². The molecule has 1 rings (SSSR count). The van der Waals surface area contributed by atoms with Gasteiger partial charge in [-0.3, -0.25) is 4.90 Å². The lowest BCUT2D eigenvalue weighted by molar-refractivity contribution is 0.201. The monoisotopic (exact) mass is 308 g/mol. The molecule has 10 heteroatoms. The molecule has 0 fully saturated rings. The fourth-order valence-electron chi connectivity index (χ4n) is 1.15. The van der Waals surface area contributed by atoms with Crippen LogP contribution in [0.4, 0.5) is 10.7 Å². The number of nitrogens with zero attached hydrogens (tertiary/aromatic N) is 5. The Bertz CT molecular complexity index is 424. The molecule has 0 aliphatic heterocycles. The number of hydrogen-bond donors (Lipinski definition) is 1. The Morgan fingerprint density at radius 3 is 2.47 bits per heavy atom. The molecule has 0 saturated heterocycles. The normalized spacial score (nSPS) is 12.8. The number of hydrogen-bond acceptors (Lipinski definition) is 6. The van der Waals surface area contributed by atoms with Gasteiger partial charge in [-0.25, -0.2) is 14.8 Å². The second-order valence-corrected chi connectivity index (χ2v) is 4.67. The molecule has 0 bridgehead atoms. The van der Waals surface area contributed by atoms with E-state index >= 15 is 0 Å². The summed E-state index contributed by atoms with van der Waals surface area (Å²) in [5, 5.41) is 3.21. The molecule has 0 saturated carbocycles. The van der Waals surface area contributed by atoms with E-state index in [1.54, 1.807) is 6.07 Å². The van der Waals surface area contributed by atoms with E-state index in [-0.39, 0.29) is 24.9 Å². The summed E-state index contributed by atoms with van der Waals surface area (Å²) in [5.41, 5.74) is 5.51. The van der Waals surface area contributed by atoms with Gasteiger partial charge in [-0.1, -0.05) is 0 Å². The van der Waals surface area contributed by atoms with E-state index in [0.717, 1.165) is 4.90 Å². The summed E-state index contributed by atoms with van der Waals surface area (Å²) in [7, 11) is 1.41. The zero-order valence-electron chi connectivity index (χ0n) is 10.4. The van der Waals surface area contributed by atoms with Crippen LogP contribution in [0.15, 0.2) is 23.7 Å². The van der Waals surface area contributed by atoms with Gasteiger partial charge < -0.3 is 5.73 Å². The highest BCUT2D eigenvalue weighted by Gasteiger charge is 2.27. The van der Waals surface area contributed by atoms with Crippen LogP contribution in [0.2, 0.25) is 0 Å². The quantitative estimate of drug-likeness (QED) is 0.391. The van der Waals surface area contributed by atoms with Crippen molar-refractivity contribution in [3.8, 4) is 0 Å². The molecule has 1 aromatic heterocycles. The molecule has 1 atom stereocenters. The summed E-state index contributed by atoms with van der Waals surface area (Å²) in [6.45, 7) is 1.23. The van der Waals surface area contributed by atoms with E-state index in [9.17, 15) is 9.70 Å². The zero-order chi connectivity index (χ0) is 13.8. The Hall–Kier alpha value is -1.51. The third kappa shape index (κ3) is 5.33. The van der Waals surface area contributed by atoms with Crippen LogP contribution >= 0.6 is 24.0 Å². The van der Waals surface area contributed by atoms with Gasteiger partial charge in [0.05, 0.1) is 11.8 Å². The van der Waals surface area contributed by atoms with Crippen molar-refractivity contribution in [3.63, 3.8) is 0 Å². The minimum absolute atomic E-state index is 0. The molecule has 8 nitrogen and oxygen atoms in total. The summed E-state index contributed by atoms with van der Waals surface area (Å²) in [4.78, 5) is 30.1. The van der Waals surface area contributed by atoms with Crippen molar-refractivity contribution in [2.24, 2.45) is 11.0 Å². The lowest BCUT2D eigenvalue weighted by Crippen LogP contribution is -2.47. The van der Waals surface area contributed by atoms with E-state index in [1.165, 1.54) is 26.4 Å². The maximum Gasteiger partial charge on any atom is 0.349 e. The van der Waals surface area contributed by atoms with Crippen LogP contribution in [0.25, 0.3) is 0 Å². The standard InChI is InChI=1S/C9H13ClN6O2.ClH/c1-9(10,11)6-16(14-18)8(17)15(2)7-12-4-3-5-13-7;/h3-5H,6,11H2,1-2H3;1H. The first-order valence-corrected chi connectivity index (χ1v) is 5.36. The van der Waals surface area contributed by atoms with Crippen LogP contribution in [0.1, 0.15) is 6.92 Å². The molecule has 0 radical (unpaired) electrons. The van der Waals surface area contributed by atoms with Crippen LogP contribution in [0.3, 0.4) is 0 Å². The summed E-state index contributed by atoms with van der Waals surface area (Å²) < 4.78 is 0. The number of halogens is 2. The summed E-state index contributed by atoms with van der Waals surface area (Å²) in [6, 6.07) is 0.890. The molecular weight excluding hydrogens is 295 g/mol. The number of carbonyl (C=O) groups is 1. The molecule has 1 heterocycles. The highest BCUT2D eigenvalue weighted by molar-refractivity contribution is 6.23. The van der Waals surface area contributed by atoms with Crippen LogP contribution in [0.5, 0.6) is 0 Å². The molecule has 1 aromatic rings. The zero-order valence-corrected chi connectivity index (χ0v) is 11.9. The molecule has 19 heavy (non-hydrogen) atoms. The summed E-state index contributed by atoms with van der Waals surface area (Å²) >= 11 is 5.74. The van der Waals surface area contributed by atoms with Gasteiger partial charge in [-0.15, -0.1) is 28.9 Å². The van der Waals surface area contributed by atoms with Crippen LogP contribution < -0.4 is 10.6 Å². The maximum atomic E-state index is 11.9. The average Bonchev–Trinajstić information content (AvgIpc) is 2.34. The fraction of sp³-hybridized carbons (Fsp3) is 0.444. The maximum absolute atomic E-state index is 11.9. The second kappa shape index (κ2) is 7.17. The fourth-order valence-corrected chi connectivity index (χ4v) is 1.26. The summed E-state index contributed by atoms with van der Waals surface area (Å²) in [6.07, 6.45) is 2.94. The Morgan fingerprint density at radius 1 is 1.53 bits per heavy atom. The summed E-state index contributed by atoms with van der Waals surface area (Å²) in [5.74, 6) is 0.143. The number of nitrogens with two attached hydrogens (primary N) is 1. The molecule has 0 spiro atoms. The van der Waals surface area contributed by atoms with E-state index < -0.39 is 11.0 Å². The van der Waals surface area contributed by atoms with Gasteiger partial charge in [0, 0.05) is 19.4 Å². The minimum Gasteiger partial charge on any atom is -0.311 e. The second-order valence-electron chi connectivity index (χ2n) is 3.81. The Kier molecular flexibility index (Phi) is 6.60. The number of amides is 2. The Balaban J connectivity index is 0.00000324. The molecule has 2 N–H and O–H groups in total. The number of urea groups is 1. The number of rotatable bonds is 4. The van der Waals surface area contributed by atoms with Crippen molar-refractivity contribution in [1.82, 2.24) is 15.0 Å². The first-order chi connectivity index (χ1) is 8.35. The van der Waals surface area contributed by atoms with Crippen molar-refractivity contribution in [1.29, 1.82) is 0 Å². The van der Waals surface area contributed by atoms with Gasteiger partial charge in [0.15, 0.2) is 0 Å². The van der Waals surface area contributed by atoms with E-state index in [4.69, 9.17) is 17.3 Å². The smallest absolute Gasteiger partial charge is 0.311 e. The van der Waals surface area contributed by atoms with Gasteiger partial charge >= 0.3 is 6.03 Å². The van der Waals surface area contributed by atoms with Gasteiger partial charge in [0.25, 0.3) is 0 Å². The number of anilines is 1. The van der Waals surface area contributed by atoms with E-state index in [1.807, 2.05) is 0 Å². The van der Waals surface area contributed by atoms with Crippen LogP contribution in [-0.2, 0) is 0 Å². The van der Waals surface area contributed by atoms with Gasteiger partial charge in [0.1, 0.15) is 5.00 Å². The third-order valence-electron chi connectivity index (χ3n) is 1.92. The third-order valence-corrected chi connectivity index (χ3v) is 2.04. The van der Waals surface area contributed by atoms with Crippen LogP contribution in [0, 0.1) is 4.91 Å². The largest absolute Gasteiger partial charge is 0.349 e. The molecule has 0 aliphatic carbocycles. The first-order valence-electron chi connectivity index (χ1n) is 4.98. The Labute approximate surface area is 121 Å². The van der Waals surface area contributed by atoms with Crippen molar-refractivity contribution < 1.29 is 4.79 Å². The topological polar surface area (TPSA) is 105 Å². The average molecular weight is 309 g/mol. The van der Waals surface area contributed by atoms with E-state index in [0.29, 0.717) is 5.01 Å². The predicted molar refractivity (Wildman–Crippen MR) is 74.0 cm³/mol. The SMILES string of the molecule is CN(C(=O)N(CC(C)(N)Cl)N=O)c1ncccn1.Cl. The van der Waals surface area contributed by atoms with Crippen molar-refractivity contribution in [2.45, 2.75) is 11.9 Å². The Morgan fingerprint density at radius 2 is 2.05 bits per heavy atom. The minimum atomic E-state index is -1.25. The van der Waals surface area contributed by atoms with Gasteiger partial charge in [-0.05, 0) is 13.0 Å². The molecule has 0 aliphatic rings. The molecule has 0 aromatic carbocycles. The lowest BCUT2D eigenvalue weighted by Gasteiger charge is -2.24. The number of alkyl halides is 1. The molecule has 1 unspecified atom stereocenters. The number of aromatic nitrogens is 2. The predicted octanol–water partition coefficient (Wildman–Crippen LogP) is 1.35.